The molecule has 1 aromatic heterocycles. The molecule has 0 saturated carbocycles. The van der Waals surface area contributed by atoms with Gasteiger partial charge < -0.3 is 19.8 Å². The summed E-state index contributed by atoms with van der Waals surface area (Å²) in [6, 6.07) is 5.84. The maximum atomic E-state index is 5.88. The molecule has 0 aliphatic heterocycles. The smallest absolute Gasteiger partial charge is 0.126 e. The van der Waals surface area contributed by atoms with Gasteiger partial charge in [-0.2, -0.15) is 0 Å². The zero-order valence-electron chi connectivity index (χ0n) is 12.0. The van der Waals surface area contributed by atoms with Crippen LogP contribution in [0, 0.1) is 6.92 Å². The number of aromatic nitrogens is 2. The first-order valence-corrected chi connectivity index (χ1v) is 6.72. The van der Waals surface area contributed by atoms with Crippen molar-refractivity contribution in [1.29, 1.82) is 0 Å². The quantitative estimate of drug-likeness (QED) is 0.836. The summed E-state index contributed by atoms with van der Waals surface area (Å²) in [6.45, 7) is 3.93. The number of rotatable bonds is 7. The number of imidazole rings is 1. The third kappa shape index (κ3) is 3.51. The topological polar surface area (TPSA) is 62.3 Å². The van der Waals surface area contributed by atoms with Crippen LogP contribution < -0.4 is 15.2 Å². The number of nitrogens with two attached hydrogens (primary N) is 1. The molecule has 0 aliphatic rings. The largest absolute Gasteiger partial charge is 0.497 e. The molecule has 108 valence electrons. The van der Waals surface area contributed by atoms with Gasteiger partial charge in [-0.05, 0) is 31.5 Å². The first-order chi connectivity index (χ1) is 9.74. The average Bonchev–Trinajstić information content (AvgIpc) is 2.86. The fourth-order valence-electron chi connectivity index (χ4n) is 2.05. The van der Waals surface area contributed by atoms with Gasteiger partial charge in [0.05, 0.1) is 13.7 Å². The fourth-order valence-corrected chi connectivity index (χ4v) is 2.05. The molecule has 20 heavy (non-hydrogen) atoms. The highest BCUT2D eigenvalue weighted by Crippen LogP contribution is 2.25. The monoisotopic (exact) mass is 275 g/mol. The highest BCUT2D eigenvalue weighted by molar-refractivity contribution is 5.41. The van der Waals surface area contributed by atoms with Crippen LogP contribution >= 0.6 is 0 Å². The number of aryl methyl sites for hydroxylation is 1. The molecule has 5 heteroatoms. The highest BCUT2D eigenvalue weighted by Gasteiger charge is 2.06. The SMILES string of the molecule is COc1ccc(CCN)c(OCCn2ccnc2C)c1. The summed E-state index contributed by atoms with van der Waals surface area (Å²) in [5, 5.41) is 0. The third-order valence-corrected chi connectivity index (χ3v) is 3.20. The lowest BCUT2D eigenvalue weighted by Gasteiger charge is -2.13. The van der Waals surface area contributed by atoms with Gasteiger partial charge in [-0.1, -0.05) is 6.07 Å². The van der Waals surface area contributed by atoms with Crippen molar-refractivity contribution in [1.82, 2.24) is 9.55 Å². The maximum absolute atomic E-state index is 5.88. The minimum Gasteiger partial charge on any atom is -0.497 e. The fraction of sp³-hybridized carbons (Fsp3) is 0.400. The van der Waals surface area contributed by atoms with Gasteiger partial charge in [0.2, 0.25) is 0 Å². The van der Waals surface area contributed by atoms with E-state index >= 15 is 0 Å². The van der Waals surface area contributed by atoms with E-state index in [1.54, 1.807) is 13.3 Å². The summed E-state index contributed by atoms with van der Waals surface area (Å²) in [6.07, 6.45) is 4.54. The second-order valence-electron chi connectivity index (χ2n) is 4.53. The third-order valence-electron chi connectivity index (χ3n) is 3.20. The number of hydrogen-bond acceptors (Lipinski definition) is 4. The molecular formula is C15H21N3O2. The predicted octanol–water partition coefficient (Wildman–Crippen LogP) is 1.78. The number of hydrogen-bond donors (Lipinski definition) is 1. The van der Waals surface area contributed by atoms with Crippen molar-refractivity contribution in [3.63, 3.8) is 0 Å². The Labute approximate surface area is 119 Å². The van der Waals surface area contributed by atoms with Crippen molar-refractivity contribution in [3.8, 4) is 11.5 Å². The van der Waals surface area contributed by atoms with Crippen LogP contribution in [0.2, 0.25) is 0 Å². The van der Waals surface area contributed by atoms with Crippen molar-refractivity contribution < 1.29 is 9.47 Å². The molecule has 0 saturated heterocycles. The van der Waals surface area contributed by atoms with E-state index < -0.39 is 0 Å². The van der Waals surface area contributed by atoms with Gasteiger partial charge >= 0.3 is 0 Å². The molecule has 0 aliphatic carbocycles. The van der Waals surface area contributed by atoms with Crippen LogP contribution in [0.4, 0.5) is 0 Å². The summed E-state index contributed by atoms with van der Waals surface area (Å²) in [7, 11) is 1.65. The first-order valence-electron chi connectivity index (χ1n) is 6.72. The van der Waals surface area contributed by atoms with Gasteiger partial charge in [0.1, 0.15) is 23.9 Å². The standard InChI is InChI=1S/C15H21N3O2/c1-12-17-7-8-18(12)9-10-20-15-11-14(19-2)4-3-13(15)5-6-16/h3-4,7-8,11H,5-6,9-10,16H2,1-2H3. The molecule has 0 unspecified atom stereocenters. The van der Waals surface area contributed by atoms with Crippen LogP contribution in [0.25, 0.3) is 0 Å². The Morgan fingerprint density at radius 2 is 2.20 bits per heavy atom. The van der Waals surface area contributed by atoms with E-state index in [9.17, 15) is 0 Å². The molecule has 1 aromatic carbocycles. The van der Waals surface area contributed by atoms with Crippen LogP contribution in [-0.4, -0.2) is 29.8 Å². The lowest BCUT2D eigenvalue weighted by atomic mass is 10.1. The summed E-state index contributed by atoms with van der Waals surface area (Å²) in [5.41, 5.74) is 6.73. The van der Waals surface area contributed by atoms with Crippen molar-refractivity contribution in [2.75, 3.05) is 20.3 Å². The Bertz CT molecular complexity index is 552. The lowest BCUT2D eigenvalue weighted by molar-refractivity contribution is 0.292. The van der Waals surface area contributed by atoms with E-state index in [-0.39, 0.29) is 0 Å². The summed E-state index contributed by atoms with van der Waals surface area (Å²) >= 11 is 0. The number of nitrogens with zero attached hydrogens (tertiary/aromatic N) is 2. The molecule has 0 bridgehead atoms. The van der Waals surface area contributed by atoms with Gasteiger partial charge in [0.25, 0.3) is 0 Å². The second-order valence-corrected chi connectivity index (χ2v) is 4.53. The lowest BCUT2D eigenvalue weighted by Crippen LogP contribution is -2.11. The van der Waals surface area contributed by atoms with E-state index in [4.69, 9.17) is 15.2 Å². The Hall–Kier alpha value is -2.01. The summed E-state index contributed by atoms with van der Waals surface area (Å²) in [5.74, 6) is 2.62. The molecule has 2 N–H and O–H groups in total. The molecular weight excluding hydrogens is 254 g/mol. The predicted molar refractivity (Wildman–Crippen MR) is 78.2 cm³/mol. The van der Waals surface area contributed by atoms with Gasteiger partial charge in [0.15, 0.2) is 0 Å². The molecule has 1 heterocycles. The van der Waals surface area contributed by atoms with E-state index in [0.29, 0.717) is 13.2 Å². The van der Waals surface area contributed by atoms with E-state index in [1.807, 2.05) is 31.3 Å². The zero-order valence-corrected chi connectivity index (χ0v) is 12.0. The van der Waals surface area contributed by atoms with Crippen molar-refractivity contribution in [2.24, 2.45) is 5.73 Å². The highest BCUT2D eigenvalue weighted by atomic mass is 16.5. The van der Waals surface area contributed by atoms with Crippen LogP contribution in [0.5, 0.6) is 11.5 Å². The average molecular weight is 275 g/mol. The summed E-state index contributed by atoms with van der Waals surface area (Å²) in [4.78, 5) is 4.19. The molecule has 0 amide bonds. The summed E-state index contributed by atoms with van der Waals surface area (Å²) < 4.78 is 13.2. The number of ether oxygens (including phenoxy) is 2. The molecule has 5 nitrogen and oxygen atoms in total. The van der Waals surface area contributed by atoms with Crippen LogP contribution in [-0.2, 0) is 13.0 Å². The van der Waals surface area contributed by atoms with Crippen molar-refractivity contribution in [3.05, 3.63) is 42.0 Å². The normalized spacial score (nSPS) is 10.6. The van der Waals surface area contributed by atoms with Crippen LogP contribution in [0.15, 0.2) is 30.6 Å². The first kappa shape index (κ1) is 14.4. The molecule has 0 radical (unpaired) electrons. The van der Waals surface area contributed by atoms with Crippen molar-refractivity contribution >= 4 is 0 Å². The van der Waals surface area contributed by atoms with Gasteiger partial charge in [-0.15, -0.1) is 0 Å². The minimum absolute atomic E-state index is 0.585. The number of benzene rings is 1. The van der Waals surface area contributed by atoms with Gasteiger partial charge in [-0.3, -0.25) is 0 Å². The van der Waals surface area contributed by atoms with Gasteiger partial charge in [0, 0.05) is 18.5 Å². The zero-order chi connectivity index (χ0) is 14.4. The second kappa shape index (κ2) is 6.96. The Morgan fingerprint density at radius 3 is 2.85 bits per heavy atom. The molecule has 2 rings (SSSR count). The van der Waals surface area contributed by atoms with Crippen LogP contribution in [0.1, 0.15) is 11.4 Å². The molecule has 0 spiro atoms. The molecule has 0 fully saturated rings. The minimum atomic E-state index is 0.585. The number of methoxy groups -OCH3 is 1. The maximum Gasteiger partial charge on any atom is 0.126 e. The van der Waals surface area contributed by atoms with Crippen LogP contribution in [0.3, 0.4) is 0 Å². The molecule has 2 aromatic rings. The Balaban J connectivity index is 2.01. The van der Waals surface area contributed by atoms with E-state index in [0.717, 1.165) is 35.9 Å². The van der Waals surface area contributed by atoms with E-state index in [2.05, 4.69) is 9.55 Å². The molecule has 0 atom stereocenters. The van der Waals surface area contributed by atoms with E-state index in [1.165, 1.54) is 0 Å². The Kier molecular flexibility index (Phi) is 5.01. The van der Waals surface area contributed by atoms with Gasteiger partial charge in [-0.25, -0.2) is 4.98 Å². The Morgan fingerprint density at radius 1 is 1.35 bits per heavy atom. The van der Waals surface area contributed by atoms with Crippen molar-refractivity contribution in [2.45, 2.75) is 19.9 Å².